The van der Waals surface area contributed by atoms with Gasteiger partial charge in [-0.3, -0.25) is 0 Å². The van der Waals surface area contributed by atoms with E-state index in [4.69, 9.17) is 4.42 Å². The van der Waals surface area contributed by atoms with Gasteiger partial charge in [-0.25, -0.2) is 13.4 Å². The minimum absolute atomic E-state index is 0.258. The van der Waals surface area contributed by atoms with E-state index in [1.54, 1.807) is 18.2 Å². The molecule has 19 heavy (non-hydrogen) atoms. The monoisotopic (exact) mass is 280 g/mol. The van der Waals surface area contributed by atoms with Crippen LogP contribution in [-0.4, -0.2) is 32.2 Å². The van der Waals surface area contributed by atoms with Gasteiger partial charge in [-0.15, -0.1) is 0 Å². The van der Waals surface area contributed by atoms with Crippen LogP contribution in [0.25, 0.3) is 11.1 Å². The standard InChI is InChI=1S/C13H16N2O3S/c1-8-10(5-6-14-8)13-15-11-7-9(19(2,16)17)3-4-12(11)18-13/h3-4,7-8,10,14H,5-6H2,1-2H3. The predicted octanol–water partition coefficient (Wildman–Crippen LogP) is 1.70. The van der Waals surface area contributed by atoms with Crippen LogP contribution in [0.4, 0.5) is 0 Å². The van der Waals surface area contributed by atoms with Crippen LogP contribution in [0, 0.1) is 0 Å². The van der Waals surface area contributed by atoms with E-state index in [9.17, 15) is 8.42 Å². The number of oxazole rings is 1. The van der Waals surface area contributed by atoms with Gasteiger partial charge in [0, 0.05) is 12.3 Å². The summed E-state index contributed by atoms with van der Waals surface area (Å²) in [6.45, 7) is 3.06. The third kappa shape index (κ3) is 2.26. The number of hydrogen-bond acceptors (Lipinski definition) is 5. The van der Waals surface area contributed by atoms with Gasteiger partial charge in [0.25, 0.3) is 0 Å². The van der Waals surface area contributed by atoms with Gasteiger partial charge in [-0.2, -0.15) is 0 Å². The molecule has 0 aliphatic carbocycles. The number of nitrogens with one attached hydrogen (secondary N) is 1. The molecule has 3 rings (SSSR count). The van der Waals surface area contributed by atoms with Gasteiger partial charge in [0.15, 0.2) is 21.3 Å². The average Bonchev–Trinajstić information content (AvgIpc) is 2.91. The number of fused-ring (bicyclic) bond motifs is 1. The van der Waals surface area contributed by atoms with Gasteiger partial charge in [0.05, 0.1) is 10.8 Å². The lowest BCUT2D eigenvalue weighted by Gasteiger charge is -2.09. The molecule has 0 amide bonds. The molecule has 1 aliphatic heterocycles. The third-order valence-corrected chi connectivity index (χ3v) is 4.76. The molecule has 5 nitrogen and oxygen atoms in total. The summed E-state index contributed by atoms with van der Waals surface area (Å²) in [7, 11) is -3.21. The predicted molar refractivity (Wildman–Crippen MR) is 71.9 cm³/mol. The maximum Gasteiger partial charge on any atom is 0.200 e. The summed E-state index contributed by atoms with van der Waals surface area (Å²) in [6, 6.07) is 5.14. The summed E-state index contributed by atoms with van der Waals surface area (Å²) in [5.74, 6) is 0.951. The van der Waals surface area contributed by atoms with Crippen molar-refractivity contribution in [2.24, 2.45) is 0 Å². The van der Waals surface area contributed by atoms with Gasteiger partial charge in [-0.05, 0) is 38.1 Å². The molecular weight excluding hydrogens is 264 g/mol. The molecule has 0 spiro atoms. The van der Waals surface area contributed by atoms with Gasteiger partial charge in [0.1, 0.15) is 5.52 Å². The van der Waals surface area contributed by atoms with Crippen molar-refractivity contribution in [2.75, 3.05) is 12.8 Å². The fourth-order valence-corrected chi connectivity index (χ4v) is 3.15. The zero-order valence-corrected chi connectivity index (χ0v) is 11.7. The van der Waals surface area contributed by atoms with Crippen molar-refractivity contribution < 1.29 is 12.8 Å². The number of rotatable bonds is 2. The van der Waals surface area contributed by atoms with Gasteiger partial charge < -0.3 is 9.73 Å². The molecule has 2 unspecified atom stereocenters. The van der Waals surface area contributed by atoms with Crippen LogP contribution in [-0.2, 0) is 9.84 Å². The number of nitrogens with zero attached hydrogens (tertiary/aromatic N) is 1. The van der Waals surface area contributed by atoms with E-state index in [1.807, 2.05) is 0 Å². The molecule has 0 saturated carbocycles. The second-order valence-electron chi connectivity index (χ2n) is 5.09. The normalized spacial score (nSPS) is 24.1. The number of sulfone groups is 1. The molecule has 1 N–H and O–H groups in total. The van der Waals surface area contributed by atoms with Crippen LogP contribution in [0.3, 0.4) is 0 Å². The third-order valence-electron chi connectivity index (χ3n) is 3.65. The van der Waals surface area contributed by atoms with Crippen molar-refractivity contribution >= 4 is 20.9 Å². The van der Waals surface area contributed by atoms with Crippen LogP contribution < -0.4 is 5.32 Å². The van der Waals surface area contributed by atoms with Gasteiger partial charge in [-0.1, -0.05) is 0 Å². The van der Waals surface area contributed by atoms with Crippen molar-refractivity contribution in [3.8, 4) is 0 Å². The van der Waals surface area contributed by atoms with Crippen molar-refractivity contribution in [2.45, 2.75) is 30.2 Å². The topological polar surface area (TPSA) is 72.2 Å². The highest BCUT2D eigenvalue weighted by Crippen LogP contribution is 2.30. The second-order valence-corrected chi connectivity index (χ2v) is 7.11. The summed E-state index contributed by atoms with van der Waals surface area (Å²) >= 11 is 0. The Labute approximate surface area is 111 Å². The van der Waals surface area contributed by atoms with Crippen molar-refractivity contribution in [1.29, 1.82) is 0 Å². The molecule has 1 aromatic heterocycles. The fraction of sp³-hybridized carbons (Fsp3) is 0.462. The average molecular weight is 280 g/mol. The molecule has 1 saturated heterocycles. The minimum atomic E-state index is -3.21. The van der Waals surface area contributed by atoms with Crippen LogP contribution in [0.1, 0.15) is 25.2 Å². The SMILES string of the molecule is CC1NCCC1c1nc2cc(S(C)(=O)=O)ccc2o1. The molecule has 6 heteroatoms. The first kappa shape index (κ1) is 12.6. The Kier molecular flexibility index (Phi) is 2.87. The molecule has 0 radical (unpaired) electrons. The molecule has 1 fully saturated rings. The Hall–Kier alpha value is -1.40. The quantitative estimate of drug-likeness (QED) is 0.906. The Morgan fingerprint density at radius 3 is 2.84 bits per heavy atom. The highest BCUT2D eigenvalue weighted by Gasteiger charge is 2.28. The van der Waals surface area contributed by atoms with Gasteiger partial charge >= 0.3 is 0 Å². The van der Waals surface area contributed by atoms with E-state index in [0.29, 0.717) is 23.0 Å². The Bertz CT molecular complexity index is 721. The molecule has 2 heterocycles. The van der Waals surface area contributed by atoms with E-state index < -0.39 is 9.84 Å². The van der Waals surface area contributed by atoms with Gasteiger partial charge in [0.2, 0.25) is 0 Å². The number of hydrogen-bond donors (Lipinski definition) is 1. The molecular formula is C13H16N2O3S. The fourth-order valence-electron chi connectivity index (χ4n) is 2.51. The van der Waals surface area contributed by atoms with Crippen LogP contribution in [0.5, 0.6) is 0 Å². The van der Waals surface area contributed by atoms with Crippen molar-refractivity contribution in [1.82, 2.24) is 10.3 Å². The first-order valence-electron chi connectivity index (χ1n) is 6.29. The van der Waals surface area contributed by atoms with E-state index in [-0.39, 0.29) is 10.8 Å². The van der Waals surface area contributed by atoms with Crippen molar-refractivity contribution in [3.63, 3.8) is 0 Å². The van der Waals surface area contributed by atoms with Crippen molar-refractivity contribution in [3.05, 3.63) is 24.1 Å². The number of benzene rings is 1. The summed E-state index contributed by atoms with van der Waals surface area (Å²) in [6.07, 6.45) is 2.19. The lowest BCUT2D eigenvalue weighted by atomic mass is 10.0. The Morgan fingerprint density at radius 1 is 1.42 bits per heavy atom. The second kappa shape index (κ2) is 4.31. The zero-order valence-electron chi connectivity index (χ0n) is 10.9. The maximum atomic E-state index is 11.5. The van der Waals surface area contributed by atoms with Crippen LogP contribution in [0.15, 0.2) is 27.5 Å². The molecule has 102 valence electrons. The van der Waals surface area contributed by atoms with E-state index in [2.05, 4.69) is 17.2 Å². The van der Waals surface area contributed by atoms with Crippen LogP contribution in [0.2, 0.25) is 0 Å². The van der Waals surface area contributed by atoms with Crippen LogP contribution >= 0.6 is 0 Å². The zero-order chi connectivity index (χ0) is 13.6. The summed E-state index contributed by atoms with van der Waals surface area (Å²) in [5, 5.41) is 3.35. The lowest BCUT2D eigenvalue weighted by Crippen LogP contribution is -2.21. The molecule has 2 atom stereocenters. The van der Waals surface area contributed by atoms with E-state index >= 15 is 0 Å². The lowest BCUT2D eigenvalue weighted by molar-refractivity contribution is 0.447. The van der Waals surface area contributed by atoms with E-state index in [0.717, 1.165) is 13.0 Å². The minimum Gasteiger partial charge on any atom is -0.440 e. The van der Waals surface area contributed by atoms with E-state index in [1.165, 1.54) is 6.26 Å². The summed E-state index contributed by atoms with van der Waals surface area (Å²) in [5.41, 5.74) is 1.25. The first-order chi connectivity index (χ1) is 8.95. The Morgan fingerprint density at radius 2 is 2.21 bits per heavy atom. The Balaban J connectivity index is 2.06. The molecule has 0 bridgehead atoms. The summed E-state index contributed by atoms with van der Waals surface area (Å²) < 4.78 is 28.8. The number of aromatic nitrogens is 1. The highest BCUT2D eigenvalue weighted by molar-refractivity contribution is 7.90. The largest absolute Gasteiger partial charge is 0.440 e. The molecule has 1 aromatic carbocycles. The smallest absolute Gasteiger partial charge is 0.200 e. The molecule has 1 aliphatic rings. The maximum absolute atomic E-state index is 11.5. The first-order valence-corrected chi connectivity index (χ1v) is 8.18. The highest BCUT2D eigenvalue weighted by atomic mass is 32.2. The summed E-state index contributed by atoms with van der Waals surface area (Å²) in [4.78, 5) is 4.72. The molecule has 2 aromatic rings.